The highest BCUT2D eigenvalue weighted by molar-refractivity contribution is 4.84. The van der Waals surface area contributed by atoms with Crippen molar-refractivity contribution in [3.63, 3.8) is 0 Å². The maximum Gasteiger partial charge on any atom is 0.00979 e. The summed E-state index contributed by atoms with van der Waals surface area (Å²) in [5, 5.41) is 0. The molecule has 2 fully saturated rings. The van der Waals surface area contributed by atoms with Gasteiger partial charge >= 0.3 is 0 Å². The Hall–Kier alpha value is -0.0800. The van der Waals surface area contributed by atoms with Gasteiger partial charge in [-0.25, -0.2) is 0 Å². The first-order chi connectivity index (χ1) is 7.70. The molecule has 2 aliphatic rings. The largest absolute Gasteiger partial charge is 0.330 e. The third-order valence-corrected chi connectivity index (χ3v) is 5.07. The molecule has 94 valence electrons. The third-order valence-electron chi connectivity index (χ3n) is 5.07. The predicted molar refractivity (Wildman–Crippen MR) is 69.3 cm³/mol. The van der Waals surface area contributed by atoms with Crippen LogP contribution in [0, 0.1) is 17.8 Å². The van der Waals surface area contributed by atoms with Crippen molar-refractivity contribution in [2.24, 2.45) is 23.5 Å². The van der Waals surface area contributed by atoms with E-state index in [1.165, 1.54) is 45.2 Å². The number of rotatable bonds is 2. The van der Waals surface area contributed by atoms with E-state index in [0.29, 0.717) is 0 Å². The lowest BCUT2D eigenvalue weighted by atomic mass is 9.78. The van der Waals surface area contributed by atoms with E-state index in [0.717, 1.165) is 30.3 Å². The highest BCUT2D eigenvalue weighted by Crippen LogP contribution is 2.33. The molecule has 1 aliphatic heterocycles. The molecule has 3 atom stereocenters. The molecule has 1 saturated heterocycles. The lowest BCUT2D eigenvalue weighted by Crippen LogP contribution is -2.45. The van der Waals surface area contributed by atoms with Gasteiger partial charge in [0.1, 0.15) is 0 Å². The molecule has 0 aromatic rings. The zero-order chi connectivity index (χ0) is 11.5. The van der Waals surface area contributed by atoms with E-state index in [1.807, 2.05) is 0 Å². The molecule has 2 N–H and O–H groups in total. The number of nitrogens with zero attached hydrogens (tertiary/aromatic N) is 1. The first kappa shape index (κ1) is 12.4. The van der Waals surface area contributed by atoms with Crippen LogP contribution in [0.15, 0.2) is 0 Å². The molecular weight excluding hydrogens is 196 g/mol. The van der Waals surface area contributed by atoms with Crippen molar-refractivity contribution in [1.82, 2.24) is 4.90 Å². The lowest BCUT2D eigenvalue weighted by molar-refractivity contribution is 0.0773. The van der Waals surface area contributed by atoms with Crippen LogP contribution < -0.4 is 5.73 Å². The molecule has 1 aliphatic carbocycles. The van der Waals surface area contributed by atoms with Gasteiger partial charge in [0, 0.05) is 6.04 Å². The first-order valence-electron chi connectivity index (χ1n) is 7.14. The van der Waals surface area contributed by atoms with Gasteiger partial charge in [0.15, 0.2) is 0 Å². The Labute approximate surface area is 101 Å². The number of nitrogens with two attached hydrogens (primary N) is 1. The molecular formula is C14H28N2. The predicted octanol–water partition coefficient (Wildman–Crippen LogP) is 2.48. The number of hydrogen-bond acceptors (Lipinski definition) is 2. The van der Waals surface area contributed by atoms with Crippen molar-refractivity contribution >= 4 is 0 Å². The Balaban J connectivity index is 1.81. The molecule has 16 heavy (non-hydrogen) atoms. The summed E-state index contributed by atoms with van der Waals surface area (Å²) < 4.78 is 0. The van der Waals surface area contributed by atoms with E-state index in [1.54, 1.807) is 0 Å². The molecule has 1 saturated carbocycles. The van der Waals surface area contributed by atoms with Crippen LogP contribution >= 0.6 is 0 Å². The average molecular weight is 224 g/mol. The number of hydrogen-bond donors (Lipinski definition) is 1. The zero-order valence-corrected chi connectivity index (χ0v) is 11.0. The summed E-state index contributed by atoms with van der Waals surface area (Å²) in [6.45, 7) is 8.35. The molecule has 0 aromatic heterocycles. The normalized spacial score (nSPS) is 38.8. The summed E-state index contributed by atoms with van der Waals surface area (Å²) in [4.78, 5) is 2.74. The lowest BCUT2D eigenvalue weighted by Gasteiger charge is -2.42. The van der Waals surface area contributed by atoms with Gasteiger partial charge < -0.3 is 10.6 Å². The molecule has 2 heteroatoms. The van der Waals surface area contributed by atoms with E-state index in [2.05, 4.69) is 18.7 Å². The van der Waals surface area contributed by atoms with Crippen LogP contribution in [0.2, 0.25) is 0 Å². The topological polar surface area (TPSA) is 29.3 Å². The minimum Gasteiger partial charge on any atom is -0.330 e. The van der Waals surface area contributed by atoms with E-state index >= 15 is 0 Å². The molecule has 0 radical (unpaired) electrons. The van der Waals surface area contributed by atoms with Gasteiger partial charge in [-0.2, -0.15) is 0 Å². The van der Waals surface area contributed by atoms with Crippen LogP contribution in [0.25, 0.3) is 0 Å². The van der Waals surface area contributed by atoms with Gasteiger partial charge in [0.05, 0.1) is 0 Å². The van der Waals surface area contributed by atoms with E-state index < -0.39 is 0 Å². The Morgan fingerprint density at radius 3 is 2.25 bits per heavy atom. The SMILES string of the molecule is CC1CCC(N2CCC(CN)CC2)CC1C. The second-order valence-corrected chi connectivity index (χ2v) is 6.14. The second kappa shape index (κ2) is 5.50. The molecule has 0 spiro atoms. The Kier molecular flexibility index (Phi) is 4.26. The maximum absolute atomic E-state index is 5.75. The van der Waals surface area contributed by atoms with Crippen LogP contribution in [-0.4, -0.2) is 30.6 Å². The molecule has 2 rings (SSSR count). The van der Waals surface area contributed by atoms with E-state index in [-0.39, 0.29) is 0 Å². The molecule has 3 unspecified atom stereocenters. The Bertz CT molecular complexity index is 209. The van der Waals surface area contributed by atoms with Gasteiger partial charge in [-0.15, -0.1) is 0 Å². The summed E-state index contributed by atoms with van der Waals surface area (Å²) in [5.74, 6) is 2.67. The maximum atomic E-state index is 5.75. The monoisotopic (exact) mass is 224 g/mol. The van der Waals surface area contributed by atoms with Crippen molar-refractivity contribution in [3.8, 4) is 0 Å². The summed E-state index contributed by atoms with van der Waals surface area (Å²) in [7, 11) is 0. The fourth-order valence-electron chi connectivity index (χ4n) is 3.40. The van der Waals surface area contributed by atoms with Crippen molar-refractivity contribution in [2.45, 2.75) is 52.0 Å². The second-order valence-electron chi connectivity index (χ2n) is 6.14. The Morgan fingerprint density at radius 1 is 1.00 bits per heavy atom. The average Bonchev–Trinajstić information content (AvgIpc) is 2.33. The minimum atomic E-state index is 0.802. The van der Waals surface area contributed by atoms with E-state index in [4.69, 9.17) is 5.73 Å². The summed E-state index contributed by atoms with van der Waals surface area (Å²) >= 11 is 0. The summed E-state index contributed by atoms with van der Waals surface area (Å²) in [6.07, 6.45) is 6.95. The summed E-state index contributed by atoms with van der Waals surface area (Å²) in [6, 6.07) is 0.880. The van der Waals surface area contributed by atoms with Crippen LogP contribution in [0.5, 0.6) is 0 Å². The standard InChI is InChI=1S/C14H28N2/c1-11-3-4-14(9-12(11)2)16-7-5-13(10-15)6-8-16/h11-14H,3-10,15H2,1-2H3. The molecule has 1 heterocycles. The first-order valence-corrected chi connectivity index (χ1v) is 7.14. The summed E-state index contributed by atoms with van der Waals surface area (Å²) in [5.41, 5.74) is 5.75. The van der Waals surface area contributed by atoms with Crippen LogP contribution in [0.3, 0.4) is 0 Å². The van der Waals surface area contributed by atoms with Gasteiger partial charge in [-0.05, 0) is 69.5 Å². The minimum absolute atomic E-state index is 0.802. The molecule has 0 bridgehead atoms. The molecule has 0 aromatic carbocycles. The zero-order valence-electron chi connectivity index (χ0n) is 11.0. The molecule has 0 amide bonds. The fraction of sp³-hybridized carbons (Fsp3) is 1.00. The highest BCUT2D eigenvalue weighted by atomic mass is 15.2. The Morgan fingerprint density at radius 2 is 1.69 bits per heavy atom. The van der Waals surface area contributed by atoms with Crippen molar-refractivity contribution in [1.29, 1.82) is 0 Å². The van der Waals surface area contributed by atoms with Crippen molar-refractivity contribution in [3.05, 3.63) is 0 Å². The number of piperidine rings is 1. The van der Waals surface area contributed by atoms with Gasteiger partial charge in [0.25, 0.3) is 0 Å². The van der Waals surface area contributed by atoms with Crippen molar-refractivity contribution in [2.75, 3.05) is 19.6 Å². The van der Waals surface area contributed by atoms with Gasteiger partial charge in [-0.3, -0.25) is 0 Å². The molecule has 2 nitrogen and oxygen atoms in total. The van der Waals surface area contributed by atoms with Gasteiger partial charge in [0.2, 0.25) is 0 Å². The number of likely N-dealkylation sites (tertiary alicyclic amines) is 1. The van der Waals surface area contributed by atoms with E-state index in [9.17, 15) is 0 Å². The van der Waals surface area contributed by atoms with Gasteiger partial charge in [-0.1, -0.05) is 13.8 Å². The quantitative estimate of drug-likeness (QED) is 0.781. The van der Waals surface area contributed by atoms with Crippen LogP contribution in [0.1, 0.15) is 46.0 Å². The smallest absolute Gasteiger partial charge is 0.00979 e. The fourth-order valence-corrected chi connectivity index (χ4v) is 3.40. The third kappa shape index (κ3) is 2.78. The highest BCUT2D eigenvalue weighted by Gasteiger charge is 2.30. The van der Waals surface area contributed by atoms with Crippen LogP contribution in [0.4, 0.5) is 0 Å². The van der Waals surface area contributed by atoms with Crippen molar-refractivity contribution < 1.29 is 0 Å². The van der Waals surface area contributed by atoms with Crippen LogP contribution in [-0.2, 0) is 0 Å².